The average molecular weight is 288 g/mol. The van der Waals surface area contributed by atoms with Crippen LogP contribution in [0.3, 0.4) is 0 Å². The van der Waals surface area contributed by atoms with E-state index in [4.69, 9.17) is 15.2 Å². The van der Waals surface area contributed by atoms with Crippen molar-refractivity contribution in [2.75, 3.05) is 39.2 Å². The second kappa shape index (κ2) is 7.44. The fraction of sp³-hybridized carbons (Fsp3) is 0.500. The summed E-state index contributed by atoms with van der Waals surface area (Å²) in [6, 6.07) is 4.65. The molecule has 0 fully saturated rings. The minimum Gasteiger partial charge on any atom is -0.398 e. The number of hydrogen-bond donors (Lipinski definition) is 2. The molecule has 0 spiro atoms. The standard InChI is InChI=1S/C12H20N2O4S/c1-10-3-4-11(9-12(10)13)19(15,16)14-5-6-18-8-7-17-2/h3-4,9,14H,5-8,13H2,1-2H3. The van der Waals surface area contributed by atoms with Crippen molar-refractivity contribution in [3.8, 4) is 0 Å². The fourth-order valence-corrected chi connectivity index (χ4v) is 2.41. The maximum atomic E-state index is 11.9. The van der Waals surface area contributed by atoms with Crippen molar-refractivity contribution in [2.24, 2.45) is 0 Å². The monoisotopic (exact) mass is 288 g/mol. The highest BCUT2D eigenvalue weighted by Crippen LogP contribution is 2.16. The summed E-state index contributed by atoms with van der Waals surface area (Å²) < 4.78 is 36.3. The lowest BCUT2D eigenvalue weighted by Gasteiger charge is -2.09. The highest BCUT2D eigenvalue weighted by molar-refractivity contribution is 7.89. The summed E-state index contributed by atoms with van der Waals surface area (Å²) >= 11 is 0. The normalized spacial score (nSPS) is 11.7. The number of rotatable bonds is 8. The van der Waals surface area contributed by atoms with Crippen molar-refractivity contribution in [1.29, 1.82) is 0 Å². The van der Waals surface area contributed by atoms with E-state index in [9.17, 15) is 8.42 Å². The lowest BCUT2D eigenvalue weighted by molar-refractivity contribution is 0.0736. The van der Waals surface area contributed by atoms with Gasteiger partial charge in [0.05, 0.1) is 24.7 Å². The van der Waals surface area contributed by atoms with Gasteiger partial charge in [0.15, 0.2) is 0 Å². The largest absolute Gasteiger partial charge is 0.398 e. The van der Waals surface area contributed by atoms with E-state index < -0.39 is 10.0 Å². The molecule has 0 saturated carbocycles. The van der Waals surface area contributed by atoms with Crippen molar-refractivity contribution < 1.29 is 17.9 Å². The Bertz CT molecular complexity index is 502. The summed E-state index contributed by atoms with van der Waals surface area (Å²) in [5, 5.41) is 0. The molecule has 1 aromatic carbocycles. The number of anilines is 1. The van der Waals surface area contributed by atoms with Crippen LogP contribution < -0.4 is 10.5 Å². The average Bonchev–Trinajstić information content (AvgIpc) is 2.36. The minimum atomic E-state index is -3.53. The van der Waals surface area contributed by atoms with Gasteiger partial charge in [0.1, 0.15) is 0 Å². The van der Waals surface area contributed by atoms with E-state index >= 15 is 0 Å². The van der Waals surface area contributed by atoms with Crippen molar-refractivity contribution in [3.63, 3.8) is 0 Å². The third kappa shape index (κ3) is 5.15. The molecule has 0 amide bonds. The predicted molar refractivity (Wildman–Crippen MR) is 73.5 cm³/mol. The highest BCUT2D eigenvalue weighted by Gasteiger charge is 2.13. The third-order valence-corrected chi connectivity index (χ3v) is 3.99. The van der Waals surface area contributed by atoms with Crippen LogP contribution in [0.2, 0.25) is 0 Å². The molecular formula is C12H20N2O4S. The van der Waals surface area contributed by atoms with Gasteiger partial charge in [-0.3, -0.25) is 0 Å². The Morgan fingerprint density at radius 3 is 2.63 bits per heavy atom. The van der Waals surface area contributed by atoms with Gasteiger partial charge >= 0.3 is 0 Å². The summed E-state index contributed by atoms with van der Waals surface area (Å²) in [6.07, 6.45) is 0. The maximum absolute atomic E-state index is 11.9. The van der Waals surface area contributed by atoms with E-state index in [1.807, 2.05) is 6.92 Å². The summed E-state index contributed by atoms with van der Waals surface area (Å²) in [4.78, 5) is 0.160. The second-order valence-corrected chi connectivity index (χ2v) is 5.79. The summed E-state index contributed by atoms with van der Waals surface area (Å²) in [5.41, 5.74) is 7.00. The lowest BCUT2D eigenvalue weighted by atomic mass is 10.2. The zero-order valence-corrected chi connectivity index (χ0v) is 12.0. The molecule has 19 heavy (non-hydrogen) atoms. The molecular weight excluding hydrogens is 268 g/mol. The Morgan fingerprint density at radius 1 is 1.26 bits per heavy atom. The molecule has 0 atom stereocenters. The molecule has 7 heteroatoms. The van der Waals surface area contributed by atoms with Crippen molar-refractivity contribution in [3.05, 3.63) is 23.8 Å². The van der Waals surface area contributed by atoms with E-state index in [1.54, 1.807) is 13.2 Å². The molecule has 0 unspecified atom stereocenters. The van der Waals surface area contributed by atoms with E-state index in [-0.39, 0.29) is 11.4 Å². The number of sulfonamides is 1. The Labute approximate surface area is 113 Å². The van der Waals surface area contributed by atoms with Crippen LogP contribution in [0.15, 0.2) is 23.1 Å². The van der Waals surface area contributed by atoms with Gasteiger partial charge < -0.3 is 15.2 Å². The summed E-state index contributed by atoms with van der Waals surface area (Å²) in [6.45, 7) is 3.25. The topological polar surface area (TPSA) is 90.6 Å². The van der Waals surface area contributed by atoms with Crippen LogP contribution >= 0.6 is 0 Å². The molecule has 0 bridgehead atoms. The van der Waals surface area contributed by atoms with E-state index in [0.29, 0.717) is 25.5 Å². The van der Waals surface area contributed by atoms with Crippen LogP contribution in [0.5, 0.6) is 0 Å². The Morgan fingerprint density at radius 2 is 2.00 bits per heavy atom. The van der Waals surface area contributed by atoms with E-state index in [0.717, 1.165) is 5.56 Å². The van der Waals surface area contributed by atoms with Crippen molar-refractivity contribution in [1.82, 2.24) is 4.72 Å². The number of nitrogen functional groups attached to an aromatic ring is 1. The van der Waals surface area contributed by atoms with Crippen LogP contribution in [0.25, 0.3) is 0 Å². The van der Waals surface area contributed by atoms with Crippen LogP contribution in [-0.4, -0.2) is 41.9 Å². The van der Waals surface area contributed by atoms with Gasteiger partial charge in [0.25, 0.3) is 0 Å². The lowest BCUT2D eigenvalue weighted by Crippen LogP contribution is -2.28. The van der Waals surface area contributed by atoms with Crippen molar-refractivity contribution >= 4 is 15.7 Å². The van der Waals surface area contributed by atoms with Gasteiger partial charge in [-0.05, 0) is 24.6 Å². The van der Waals surface area contributed by atoms with Gasteiger partial charge in [-0.15, -0.1) is 0 Å². The molecule has 1 rings (SSSR count). The number of benzene rings is 1. The number of nitrogens with two attached hydrogens (primary N) is 1. The summed E-state index contributed by atoms with van der Waals surface area (Å²) in [7, 11) is -1.96. The molecule has 0 aliphatic heterocycles. The number of nitrogens with one attached hydrogen (secondary N) is 1. The van der Waals surface area contributed by atoms with Crippen LogP contribution in [0.4, 0.5) is 5.69 Å². The number of aryl methyl sites for hydroxylation is 1. The fourth-order valence-electron chi connectivity index (χ4n) is 1.36. The third-order valence-electron chi connectivity index (χ3n) is 2.53. The first-order valence-corrected chi connectivity index (χ1v) is 7.38. The SMILES string of the molecule is COCCOCCNS(=O)(=O)c1ccc(C)c(N)c1. The first kappa shape index (κ1) is 15.9. The Kier molecular flexibility index (Phi) is 6.23. The Balaban J connectivity index is 2.49. The molecule has 0 aliphatic carbocycles. The van der Waals surface area contributed by atoms with Crippen LogP contribution in [0, 0.1) is 6.92 Å². The maximum Gasteiger partial charge on any atom is 0.240 e. The zero-order chi connectivity index (χ0) is 14.3. The molecule has 0 saturated heterocycles. The zero-order valence-electron chi connectivity index (χ0n) is 11.2. The number of methoxy groups -OCH3 is 1. The van der Waals surface area contributed by atoms with Gasteiger partial charge in [-0.1, -0.05) is 6.07 Å². The van der Waals surface area contributed by atoms with Crippen LogP contribution in [-0.2, 0) is 19.5 Å². The van der Waals surface area contributed by atoms with Crippen LogP contribution in [0.1, 0.15) is 5.56 Å². The minimum absolute atomic E-state index is 0.160. The second-order valence-electron chi connectivity index (χ2n) is 4.02. The Hall–Kier alpha value is -1.15. The van der Waals surface area contributed by atoms with E-state index in [1.165, 1.54) is 12.1 Å². The summed E-state index contributed by atoms with van der Waals surface area (Å²) in [5.74, 6) is 0. The molecule has 6 nitrogen and oxygen atoms in total. The molecule has 1 aromatic rings. The molecule has 0 aliphatic rings. The predicted octanol–water partition coefficient (Wildman–Crippen LogP) is 0.519. The molecule has 3 N–H and O–H groups in total. The van der Waals surface area contributed by atoms with Gasteiger partial charge in [-0.2, -0.15) is 0 Å². The first-order valence-electron chi connectivity index (χ1n) is 5.90. The highest BCUT2D eigenvalue weighted by atomic mass is 32.2. The smallest absolute Gasteiger partial charge is 0.240 e. The molecule has 0 radical (unpaired) electrons. The van der Waals surface area contributed by atoms with E-state index in [2.05, 4.69) is 4.72 Å². The molecule has 0 aromatic heterocycles. The molecule has 108 valence electrons. The quantitative estimate of drug-likeness (QED) is 0.537. The van der Waals surface area contributed by atoms with Crippen molar-refractivity contribution in [2.45, 2.75) is 11.8 Å². The number of hydrogen-bond acceptors (Lipinski definition) is 5. The number of ether oxygens (including phenoxy) is 2. The van der Waals surface area contributed by atoms with Gasteiger partial charge in [-0.25, -0.2) is 13.1 Å². The first-order chi connectivity index (χ1) is 8.97. The van der Waals surface area contributed by atoms with Gasteiger partial charge in [0, 0.05) is 19.3 Å². The molecule has 0 heterocycles. The van der Waals surface area contributed by atoms with Gasteiger partial charge in [0.2, 0.25) is 10.0 Å².